The highest BCUT2D eigenvalue weighted by atomic mass is 32.1. The average Bonchev–Trinajstić information content (AvgIpc) is 3.21. The zero-order valence-corrected chi connectivity index (χ0v) is 14.4. The first-order valence-electron chi connectivity index (χ1n) is 8.66. The van der Waals surface area contributed by atoms with E-state index in [0.29, 0.717) is 19.5 Å². The van der Waals surface area contributed by atoms with Gasteiger partial charge in [-0.3, -0.25) is 14.6 Å². The van der Waals surface area contributed by atoms with Gasteiger partial charge in [-0.2, -0.15) is 0 Å². The van der Waals surface area contributed by atoms with E-state index in [1.54, 1.807) is 11.3 Å². The number of aliphatic hydroxyl groups is 1. The van der Waals surface area contributed by atoms with Crippen LogP contribution in [0.2, 0.25) is 0 Å². The monoisotopic (exact) mass is 337 g/mol. The Kier molecular flexibility index (Phi) is 6.05. The summed E-state index contributed by atoms with van der Waals surface area (Å²) in [4.78, 5) is 17.8. The van der Waals surface area contributed by atoms with Crippen LogP contribution in [0.1, 0.15) is 30.6 Å². The molecule has 2 fully saturated rings. The third-order valence-electron chi connectivity index (χ3n) is 4.89. The third kappa shape index (κ3) is 4.76. The van der Waals surface area contributed by atoms with Gasteiger partial charge in [-0.25, -0.2) is 0 Å². The van der Waals surface area contributed by atoms with E-state index in [2.05, 4.69) is 15.1 Å². The second-order valence-electron chi connectivity index (χ2n) is 6.60. The van der Waals surface area contributed by atoms with Crippen LogP contribution in [-0.4, -0.2) is 65.7 Å². The minimum atomic E-state index is -0.276. The van der Waals surface area contributed by atoms with Crippen LogP contribution in [0.4, 0.5) is 0 Å². The van der Waals surface area contributed by atoms with Crippen LogP contribution >= 0.6 is 11.3 Å². The molecule has 128 valence electrons. The molecule has 0 saturated carbocycles. The number of hydrogen-bond donors (Lipinski definition) is 2. The van der Waals surface area contributed by atoms with Gasteiger partial charge in [0.25, 0.3) is 0 Å². The molecule has 23 heavy (non-hydrogen) atoms. The van der Waals surface area contributed by atoms with Gasteiger partial charge in [0.2, 0.25) is 5.91 Å². The number of carbonyl (C=O) groups is 1. The van der Waals surface area contributed by atoms with Crippen molar-refractivity contribution in [1.29, 1.82) is 0 Å². The highest BCUT2D eigenvalue weighted by Gasteiger charge is 2.35. The van der Waals surface area contributed by atoms with Crippen LogP contribution in [-0.2, 0) is 11.3 Å². The lowest BCUT2D eigenvalue weighted by Crippen LogP contribution is -2.45. The molecule has 1 aromatic heterocycles. The highest BCUT2D eigenvalue weighted by Crippen LogP contribution is 2.20. The Labute approximate surface area is 142 Å². The van der Waals surface area contributed by atoms with Crippen LogP contribution in [0.25, 0.3) is 0 Å². The lowest BCUT2D eigenvalue weighted by atomic mass is 10.1. The molecule has 2 aliphatic heterocycles. The molecule has 2 N–H and O–H groups in total. The van der Waals surface area contributed by atoms with E-state index >= 15 is 0 Å². The fraction of sp³-hybridized carbons (Fsp3) is 0.706. The maximum Gasteiger partial charge on any atom is 0.221 e. The van der Waals surface area contributed by atoms with Gasteiger partial charge in [-0.05, 0) is 37.4 Å². The number of likely N-dealkylation sites (tertiary alicyclic amines) is 2. The average molecular weight is 337 g/mol. The standard InChI is InChI=1S/C17H27N3O2S/c21-16-13-19(12-15(16)20-7-2-1-3-8-20)9-6-17(22)18-11-14-5-4-10-23-14/h4-5,10,15-16,21H,1-3,6-9,11-13H2,(H,18,22)/t15-,16-/m1/s1. The van der Waals surface area contributed by atoms with Crippen molar-refractivity contribution in [2.45, 2.75) is 44.4 Å². The largest absolute Gasteiger partial charge is 0.390 e. The summed E-state index contributed by atoms with van der Waals surface area (Å²) in [5.74, 6) is 0.0920. The molecule has 6 heteroatoms. The third-order valence-corrected chi connectivity index (χ3v) is 5.77. The van der Waals surface area contributed by atoms with E-state index in [1.165, 1.54) is 24.1 Å². The van der Waals surface area contributed by atoms with Crippen LogP contribution < -0.4 is 5.32 Å². The SMILES string of the molecule is O=C(CCN1C[C@@H](O)[C@H](N2CCCCC2)C1)NCc1cccs1. The van der Waals surface area contributed by atoms with Crippen molar-refractivity contribution in [2.24, 2.45) is 0 Å². The van der Waals surface area contributed by atoms with Gasteiger partial charge < -0.3 is 10.4 Å². The Morgan fingerprint density at radius 3 is 2.87 bits per heavy atom. The molecule has 1 amide bonds. The van der Waals surface area contributed by atoms with Gasteiger partial charge in [0.15, 0.2) is 0 Å². The maximum absolute atomic E-state index is 12.0. The number of nitrogens with zero attached hydrogens (tertiary/aromatic N) is 2. The van der Waals surface area contributed by atoms with Crippen LogP contribution in [0.3, 0.4) is 0 Å². The Morgan fingerprint density at radius 2 is 2.13 bits per heavy atom. The number of β-amino-alcohol motifs (C(OH)–C–C–N with tert-alkyl or cyclic N) is 1. The molecule has 0 aliphatic carbocycles. The molecule has 3 heterocycles. The quantitative estimate of drug-likeness (QED) is 0.821. The Hall–Kier alpha value is -0.950. The lowest BCUT2D eigenvalue weighted by Gasteiger charge is -2.33. The predicted molar refractivity (Wildman–Crippen MR) is 92.4 cm³/mol. The van der Waals surface area contributed by atoms with Crippen LogP contribution in [0.15, 0.2) is 17.5 Å². The topological polar surface area (TPSA) is 55.8 Å². The predicted octanol–water partition coefficient (Wildman–Crippen LogP) is 1.29. The van der Waals surface area contributed by atoms with Crippen molar-refractivity contribution in [3.63, 3.8) is 0 Å². The summed E-state index contributed by atoms with van der Waals surface area (Å²) in [7, 11) is 0. The molecule has 0 aromatic carbocycles. The fourth-order valence-electron chi connectivity index (χ4n) is 3.59. The first kappa shape index (κ1) is 16.9. The summed E-state index contributed by atoms with van der Waals surface area (Å²) in [5, 5.41) is 15.3. The van der Waals surface area contributed by atoms with E-state index in [0.717, 1.165) is 26.2 Å². The highest BCUT2D eigenvalue weighted by molar-refractivity contribution is 7.09. The molecule has 2 saturated heterocycles. The molecule has 0 spiro atoms. The van der Waals surface area contributed by atoms with Crippen LogP contribution in [0.5, 0.6) is 0 Å². The summed E-state index contributed by atoms with van der Waals surface area (Å²) in [6, 6.07) is 4.29. The number of nitrogens with one attached hydrogen (secondary N) is 1. The first-order valence-corrected chi connectivity index (χ1v) is 9.54. The molecule has 0 bridgehead atoms. The molecule has 5 nitrogen and oxygen atoms in total. The van der Waals surface area contributed by atoms with Crippen molar-refractivity contribution < 1.29 is 9.90 Å². The molecule has 2 aliphatic rings. The van der Waals surface area contributed by atoms with Crippen molar-refractivity contribution in [3.05, 3.63) is 22.4 Å². The van der Waals surface area contributed by atoms with Gasteiger partial charge >= 0.3 is 0 Å². The summed E-state index contributed by atoms with van der Waals surface area (Å²) in [6.07, 6.45) is 4.03. The molecule has 1 aromatic rings. The van der Waals surface area contributed by atoms with Crippen LogP contribution in [0, 0.1) is 0 Å². The van der Waals surface area contributed by atoms with Crippen molar-refractivity contribution in [3.8, 4) is 0 Å². The van der Waals surface area contributed by atoms with Gasteiger partial charge in [0.1, 0.15) is 0 Å². The normalized spacial score (nSPS) is 26.5. The Morgan fingerprint density at radius 1 is 1.30 bits per heavy atom. The second kappa shape index (κ2) is 8.24. The number of thiophene rings is 1. The number of hydrogen-bond acceptors (Lipinski definition) is 5. The zero-order valence-electron chi connectivity index (χ0n) is 13.6. The molecule has 0 unspecified atom stereocenters. The van der Waals surface area contributed by atoms with E-state index in [-0.39, 0.29) is 18.1 Å². The zero-order chi connectivity index (χ0) is 16.1. The number of piperidine rings is 1. The first-order chi connectivity index (χ1) is 11.2. The Balaban J connectivity index is 1.38. The number of carbonyl (C=O) groups excluding carboxylic acids is 1. The minimum absolute atomic E-state index is 0.0920. The van der Waals surface area contributed by atoms with Crippen molar-refractivity contribution >= 4 is 17.2 Å². The van der Waals surface area contributed by atoms with Gasteiger partial charge in [0.05, 0.1) is 12.6 Å². The summed E-state index contributed by atoms with van der Waals surface area (Å²) < 4.78 is 0. The minimum Gasteiger partial charge on any atom is -0.390 e. The van der Waals surface area contributed by atoms with E-state index in [4.69, 9.17) is 0 Å². The lowest BCUT2D eigenvalue weighted by molar-refractivity contribution is -0.121. The van der Waals surface area contributed by atoms with Gasteiger partial charge in [-0.15, -0.1) is 11.3 Å². The second-order valence-corrected chi connectivity index (χ2v) is 7.63. The molecule has 3 rings (SSSR count). The molecule has 0 radical (unpaired) electrons. The summed E-state index contributed by atoms with van der Waals surface area (Å²) in [6.45, 7) is 5.15. The van der Waals surface area contributed by atoms with E-state index < -0.39 is 0 Å². The van der Waals surface area contributed by atoms with Crippen molar-refractivity contribution in [1.82, 2.24) is 15.1 Å². The summed E-state index contributed by atoms with van der Waals surface area (Å²) in [5.41, 5.74) is 0. The Bertz CT molecular complexity index is 488. The van der Waals surface area contributed by atoms with Crippen molar-refractivity contribution in [2.75, 3.05) is 32.7 Å². The fourth-order valence-corrected chi connectivity index (χ4v) is 4.23. The van der Waals surface area contributed by atoms with E-state index in [9.17, 15) is 9.90 Å². The number of rotatable bonds is 6. The van der Waals surface area contributed by atoms with Gasteiger partial charge in [0, 0.05) is 37.0 Å². The molecular weight excluding hydrogens is 310 g/mol. The maximum atomic E-state index is 12.0. The smallest absolute Gasteiger partial charge is 0.221 e. The molecular formula is C17H27N3O2S. The van der Waals surface area contributed by atoms with Gasteiger partial charge in [-0.1, -0.05) is 12.5 Å². The summed E-state index contributed by atoms with van der Waals surface area (Å²) >= 11 is 1.66. The molecule has 2 atom stereocenters. The number of aliphatic hydroxyl groups excluding tert-OH is 1. The van der Waals surface area contributed by atoms with E-state index in [1.807, 2.05) is 17.5 Å². The number of amides is 1.